The Morgan fingerprint density at radius 3 is 2.68 bits per heavy atom. The summed E-state index contributed by atoms with van der Waals surface area (Å²) < 4.78 is 6.37. The zero-order valence-corrected chi connectivity index (χ0v) is 11.9. The normalized spacial score (nSPS) is 10.8. The molecule has 0 aliphatic carbocycles. The van der Waals surface area contributed by atoms with Crippen LogP contribution in [0.1, 0.15) is 11.5 Å². The maximum atomic E-state index is 5.84. The van der Waals surface area contributed by atoms with Crippen LogP contribution >= 0.6 is 27.5 Å². The molecule has 0 saturated carbocycles. The highest BCUT2D eigenvalue weighted by Crippen LogP contribution is 2.24. The Morgan fingerprint density at radius 2 is 2.00 bits per heavy atom. The van der Waals surface area contributed by atoms with Gasteiger partial charge < -0.3 is 4.42 Å². The van der Waals surface area contributed by atoms with Crippen LogP contribution in [0.4, 0.5) is 0 Å². The quantitative estimate of drug-likeness (QED) is 0.793. The molecule has 96 valence electrons. The van der Waals surface area contributed by atoms with E-state index < -0.39 is 0 Å². The molecule has 0 aliphatic heterocycles. The molecule has 3 aromatic rings. The molecular weight excluding hydrogens is 332 g/mol. The molecule has 0 amide bonds. The molecule has 2 aromatic heterocycles. The van der Waals surface area contributed by atoms with Crippen LogP contribution in [0, 0.1) is 0 Å². The van der Waals surface area contributed by atoms with Crippen molar-refractivity contribution < 1.29 is 4.42 Å². The summed E-state index contributed by atoms with van der Waals surface area (Å²) in [7, 11) is 0. The Balaban J connectivity index is 1.82. The van der Waals surface area contributed by atoms with Crippen molar-refractivity contribution in [1.29, 1.82) is 0 Å². The third kappa shape index (κ3) is 2.69. The number of aromatic amines is 1. The topological polar surface area (TPSA) is 67.6 Å². The Kier molecular flexibility index (Phi) is 3.35. The molecule has 0 bridgehead atoms. The molecular formula is C12H8BrClN4O. The molecule has 2 heterocycles. The summed E-state index contributed by atoms with van der Waals surface area (Å²) in [5, 5.41) is 15.4. The van der Waals surface area contributed by atoms with Gasteiger partial charge in [0, 0.05) is 5.02 Å². The second kappa shape index (κ2) is 5.14. The average molecular weight is 340 g/mol. The lowest BCUT2D eigenvalue weighted by Crippen LogP contribution is -1.87. The van der Waals surface area contributed by atoms with Crippen LogP contribution in [0.25, 0.3) is 11.6 Å². The van der Waals surface area contributed by atoms with Gasteiger partial charge >= 0.3 is 0 Å². The number of hydrogen-bond acceptors (Lipinski definition) is 4. The second-order valence-electron chi connectivity index (χ2n) is 3.90. The van der Waals surface area contributed by atoms with Gasteiger partial charge in [0.25, 0.3) is 5.89 Å². The highest BCUT2D eigenvalue weighted by Gasteiger charge is 2.13. The number of nitrogens with one attached hydrogen (secondary N) is 1. The largest absolute Gasteiger partial charge is 0.419 e. The van der Waals surface area contributed by atoms with Crippen LogP contribution in [0.2, 0.25) is 5.02 Å². The SMILES string of the molecule is Clc1ccc(Cc2nnc(-c3[nH]ncc3Br)o2)cc1. The molecule has 3 rings (SSSR count). The van der Waals surface area contributed by atoms with E-state index in [9.17, 15) is 0 Å². The van der Waals surface area contributed by atoms with Crippen molar-refractivity contribution in [3.8, 4) is 11.6 Å². The zero-order valence-electron chi connectivity index (χ0n) is 9.60. The van der Waals surface area contributed by atoms with Gasteiger partial charge in [-0.2, -0.15) is 5.10 Å². The van der Waals surface area contributed by atoms with Crippen molar-refractivity contribution in [3.63, 3.8) is 0 Å². The lowest BCUT2D eigenvalue weighted by Gasteiger charge is -1.96. The fourth-order valence-electron chi connectivity index (χ4n) is 1.62. The first kappa shape index (κ1) is 12.4. The molecule has 0 spiro atoms. The van der Waals surface area contributed by atoms with E-state index in [1.54, 1.807) is 6.20 Å². The van der Waals surface area contributed by atoms with Crippen LogP contribution in [0.3, 0.4) is 0 Å². The van der Waals surface area contributed by atoms with Crippen LogP contribution < -0.4 is 0 Å². The first-order valence-electron chi connectivity index (χ1n) is 5.48. The number of hydrogen-bond donors (Lipinski definition) is 1. The van der Waals surface area contributed by atoms with Crippen LogP contribution in [-0.4, -0.2) is 20.4 Å². The molecule has 0 atom stereocenters. The number of benzene rings is 1. The van der Waals surface area contributed by atoms with Crippen LogP contribution in [0.5, 0.6) is 0 Å². The average Bonchev–Trinajstić information content (AvgIpc) is 3.01. The van der Waals surface area contributed by atoms with Crippen molar-refractivity contribution in [3.05, 3.63) is 51.4 Å². The fraction of sp³-hybridized carbons (Fsp3) is 0.0833. The van der Waals surface area contributed by atoms with E-state index in [1.807, 2.05) is 24.3 Å². The molecule has 0 saturated heterocycles. The van der Waals surface area contributed by atoms with Crippen molar-refractivity contribution >= 4 is 27.5 Å². The van der Waals surface area contributed by atoms with E-state index >= 15 is 0 Å². The predicted molar refractivity (Wildman–Crippen MR) is 73.8 cm³/mol. The summed E-state index contributed by atoms with van der Waals surface area (Å²) in [5.74, 6) is 0.951. The molecule has 0 unspecified atom stereocenters. The molecule has 5 nitrogen and oxygen atoms in total. The van der Waals surface area contributed by atoms with E-state index in [1.165, 1.54) is 0 Å². The van der Waals surface area contributed by atoms with Crippen molar-refractivity contribution in [2.45, 2.75) is 6.42 Å². The van der Waals surface area contributed by atoms with Gasteiger partial charge in [-0.15, -0.1) is 10.2 Å². The number of rotatable bonds is 3. The number of nitrogens with zero attached hydrogens (tertiary/aromatic N) is 3. The standard InChI is InChI=1S/C12H8BrClN4O/c13-9-6-15-17-11(9)12-18-16-10(19-12)5-7-1-3-8(14)4-2-7/h1-4,6H,5H2,(H,15,17). The Morgan fingerprint density at radius 1 is 1.21 bits per heavy atom. The van der Waals surface area contributed by atoms with E-state index in [4.69, 9.17) is 16.0 Å². The first-order chi connectivity index (χ1) is 9.22. The highest BCUT2D eigenvalue weighted by atomic mass is 79.9. The number of H-pyrrole nitrogens is 1. The predicted octanol–water partition coefficient (Wildman–Crippen LogP) is 3.47. The summed E-state index contributed by atoms with van der Waals surface area (Å²) in [6, 6.07) is 7.52. The fourth-order valence-corrected chi connectivity index (χ4v) is 2.11. The van der Waals surface area contributed by atoms with Crippen LogP contribution in [-0.2, 0) is 6.42 Å². The summed E-state index contributed by atoms with van der Waals surface area (Å²) >= 11 is 9.19. The first-order valence-corrected chi connectivity index (χ1v) is 6.65. The van der Waals surface area contributed by atoms with Gasteiger partial charge in [-0.05, 0) is 33.6 Å². The molecule has 0 aliphatic rings. The van der Waals surface area contributed by atoms with Gasteiger partial charge in [-0.1, -0.05) is 23.7 Å². The summed E-state index contributed by atoms with van der Waals surface area (Å²) in [4.78, 5) is 0. The maximum Gasteiger partial charge on any atom is 0.266 e. The van der Waals surface area contributed by atoms with Gasteiger partial charge in [-0.25, -0.2) is 0 Å². The lowest BCUT2D eigenvalue weighted by atomic mass is 10.1. The monoisotopic (exact) mass is 338 g/mol. The molecule has 1 aromatic carbocycles. The Labute approximate surface area is 122 Å². The van der Waals surface area contributed by atoms with E-state index in [2.05, 4.69) is 36.3 Å². The third-order valence-electron chi connectivity index (χ3n) is 2.54. The van der Waals surface area contributed by atoms with Crippen molar-refractivity contribution in [2.75, 3.05) is 0 Å². The van der Waals surface area contributed by atoms with Crippen molar-refractivity contribution in [2.24, 2.45) is 0 Å². The Bertz CT molecular complexity index is 692. The van der Waals surface area contributed by atoms with Crippen molar-refractivity contribution in [1.82, 2.24) is 20.4 Å². The minimum Gasteiger partial charge on any atom is -0.419 e. The maximum absolute atomic E-state index is 5.84. The van der Waals surface area contributed by atoms with E-state index in [-0.39, 0.29) is 0 Å². The molecule has 19 heavy (non-hydrogen) atoms. The van der Waals surface area contributed by atoms with E-state index in [0.717, 1.165) is 10.0 Å². The summed E-state index contributed by atoms with van der Waals surface area (Å²) in [6.45, 7) is 0. The Hall–Kier alpha value is -1.66. The second-order valence-corrected chi connectivity index (χ2v) is 5.19. The minimum absolute atomic E-state index is 0.410. The molecule has 1 N–H and O–H groups in total. The minimum atomic E-state index is 0.410. The number of aromatic nitrogens is 4. The number of halogens is 2. The van der Waals surface area contributed by atoms with Gasteiger partial charge in [-0.3, -0.25) is 5.10 Å². The lowest BCUT2D eigenvalue weighted by molar-refractivity contribution is 0.516. The zero-order chi connectivity index (χ0) is 13.2. The van der Waals surface area contributed by atoms with Gasteiger partial charge in [0.1, 0.15) is 5.69 Å². The molecule has 0 radical (unpaired) electrons. The van der Waals surface area contributed by atoms with Gasteiger partial charge in [0.15, 0.2) is 0 Å². The molecule has 0 fully saturated rings. The van der Waals surface area contributed by atoms with E-state index in [0.29, 0.717) is 28.9 Å². The highest BCUT2D eigenvalue weighted by molar-refractivity contribution is 9.10. The van der Waals surface area contributed by atoms with Crippen LogP contribution in [0.15, 0.2) is 39.4 Å². The molecule has 7 heteroatoms. The summed E-state index contributed by atoms with van der Waals surface area (Å²) in [5.41, 5.74) is 1.73. The third-order valence-corrected chi connectivity index (χ3v) is 3.40. The summed E-state index contributed by atoms with van der Waals surface area (Å²) in [6.07, 6.45) is 2.20. The smallest absolute Gasteiger partial charge is 0.266 e. The van der Waals surface area contributed by atoms with Gasteiger partial charge in [0.05, 0.1) is 17.1 Å². The van der Waals surface area contributed by atoms with Gasteiger partial charge in [0.2, 0.25) is 5.89 Å².